The van der Waals surface area contributed by atoms with Gasteiger partial charge in [0.1, 0.15) is 17.1 Å². The third-order valence-electron chi connectivity index (χ3n) is 3.40. The van der Waals surface area contributed by atoms with Crippen LogP contribution in [0.5, 0.6) is 5.75 Å². The van der Waals surface area contributed by atoms with Crippen molar-refractivity contribution < 1.29 is 5.11 Å². The van der Waals surface area contributed by atoms with E-state index in [9.17, 15) is 5.11 Å². The number of hydrogen-bond donors (Lipinski definition) is 1. The van der Waals surface area contributed by atoms with E-state index in [4.69, 9.17) is 4.98 Å². The minimum absolute atomic E-state index is 0.289. The first-order chi connectivity index (χ1) is 10.1. The van der Waals surface area contributed by atoms with Gasteiger partial charge in [0.2, 0.25) is 0 Å². The maximum Gasteiger partial charge on any atom is 0.160 e. The molecule has 0 spiro atoms. The molecular formula is C17H19N3O. The third kappa shape index (κ3) is 2.89. The maximum atomic E-state index is 9.61. The molecule has 0 atom stereocenters. The summed E-state index contributed by atoms with van der Waals surface area (Å²) in [6, 6.07) is 11.2. The van der Waals surface area contributed by atoms with E-state index < -0.39 is 0 Å². The number of benzene rings is 1. The Morgan fingerprint density at radius 2 is 2.05 bits per heavy atom. The highest BCUT2D eigenvalue weighted by Gasteiger charge is 2.13. The van der Waals surface area contributed by atoms with E-state index in [1.165, 1.54) is 0 Å². The highest BCUT2D eigenvalue weighted by atomic mass is 16.3. The Hall–Kier alpha value is -2.36. The van der Waals surface area contributed by atoms with Crippen molar-refractivity contribution in [1.82, 2.24) is 14.5 Å². The Bertz CT molecular complexity index is 762. The van der Waals surface area contributed by atoms with Gasteiger partial charge in [0, 0.05) is 19.2 Å². The molecule has 0 fully saturated rings. The van der Waals surface area contributed by atoms with Crippen molar-refractivity contribution in [2.75, 3.05) is 0 Å². The summed E-state index contributed by atoms with van der Waals surface area (Å²) in [6.07, 6.45) is 2.50. The number of hydrogen-bond acceptors (Lipinski definition) is 3. The molecule has 0 bridgehead atoms. The zero-order valence-electron chi connectivity index (χ0n) is 12.3. The molecule has 2 aromatic heterocycles. The molecule has 0 aliphatic heterocycles. The molecule has 4 nitrogen and oxygen atoms in total. The van der Waals surface area contributed by atoms with Gasteiger partial charge in [-0.2, -0.15) is 0 Å². The molecule has 0 radical (unpaired) electrons. The van der Waals surface area contributed by atoms with Crippen LogP contribution in [-0.4, -0.2) is 19.6 Å². The summed E-state index contributed by atoms with van der Waals surface area (Å²) >= 11 is 0. The van der Waals surface area contributed by atoms with E-state index in [1.807, 2.05) is 24.3 Å². The zero-order valence-corrected chi connectivity index (χ0v) is 12.3. The van der Waals surface area contributed by atoms with E-state index in [0.717, 1.165) is 29.1 Å². The van der Waals surface area contributed by atoms with Gasteiger partial charge in [0.05, 0.1) is 0 Å². The van der Waals surface area contributed by atoms with Crippen molar-refractivity contribution >= 4 is 11.2 Å². The van der Waals surface area contributed by atoms with Crippen molar-refractivity contribution in [2.45, 2.75) is 26.8 Å². The Kier molecular flexibility index (Phi) is 3.60. The van der Waals surface area contributed by atoms with Crippen molar-refractivity contribution in [3.63, 3.8) is 0 Å². The van der Waals surface area contributed by atoms with Crippen molar-refractivity contribution in [3.05, 3.63) is 54.0 Å². The number of aromatic nitrogens is 3. The van der Waals surface area contributed by atoms with Crippen LogP contribution in [0, 0.1) is 5.92 Å². The Morgan fingerprint density at radius 1 is 1.19 bits per heavy atom. The van der Waals surface area contributed by atoms with Crippen LogP contribution in [0.2, 0.25) is 0 Å². The molecule has 3 aromatic rings. The number of phenolic OH excluding ortho intramolecular Hbond substituents is 1. The molecule has 1 aromatic carbocycles. The van der Waals surface area contributed by atoms with Crippen LogP contribution in [-0.2, 0) is 13.0 Å². The first-order valence-electron chi connectivity index (χ1n) is 7.21. The molecule has 0 saturated carbocycles. The number of rotatable bonds is 4. The highest BCUT2D eigenvalue weighted by molar-refractivity contribution is 5.71. The van der Waals surface area contributed by atoms with Gasteiger partial charge in [-0.05, 0) is 35.7 Å². The Morgan fingerprint density at radius 3 is 2.81 bits per heavy atom. The molecule has 21 heavy (non-hydrogen) atoms. The van der Waals surface area contributed by atoms with Crippen molar-refractivity contribution in [3.8, 4) is 5.75 Å². The average Bonchev–Trinajstić information content (AvgIpc) is 2.76. The Labute approximate surface area is 124 Å². The van der Waals surface area contributed by atoms with E-state index in [2.05, 4.69) is 23.4 Å². The number of imidazole rings is 1. The van der Waals surface area contributed by atoms with Crippen LogP contribution < -0.4 is 0 Å². The number of aromatic hydroxyl groups is 1. The maximum absolute atomic E-state index is 9.61. The second-order valence-electron chi connectivity index (χ2n) is 5.73. The fraction of sp³-hybridized carbons (Fsp3) is 0.294. The summed E-state index contributed by atoms with van der Waals surface area (Å²) in [5.41, 5.74) is 2.91. The van der Waals surface area contributed by atoms with Gasteiger partial charge in [-0.3, -0.25) is 0 Å². The predicted molar refractivity (Wildman–Crippen MR) is 83.3 cm³/mol. The van der Waals surface area contributed by atoms with Crippen molar-refractivity contribution in [1.29, 1.82) is 0 Å². The first-order valence-corrected chi connectivity index (χ1v) is 7.21. The molecule has 0 aliphatic rings. The number of pyridine rings is 1. The fourth-order valence-electron chi connectivity index (χ4n) is 2.55. The normalized spacial score (nSPS) is 11.4. The molecule has 1 N–H and O–H groups in total. The first kappa shape index (κ1) is 13.6. The SMILES string of the molecule is CC(C)Cn1c(Cc2cccc(O)c2)nc2cccnc21. The number of phenols is 1. The summed E-state index contributed by atoms with van der Waals surface area (Å²) in [7, 11) is 0. The van der Waals surface area contributed by atoms with Gasteiger partial charge in [-0.15, -0.1) is 0 Å². The van der Waals surface area contributed by atoms with Gasteiger partial charge >= 0.3 is 0 Å². The highest BCUT2D eigenvalue weighted by Crippen LogP contribution is 2.20. The van der Waals surface area contributed by atoms with Crippen molar-refractivity contribution in [2.24, 2.45) is 5.92 Å². The van der Waals surface area contributed by atoms with Gasteiger partial charge in [-0.25, -0.2) is 9.97 Å². The van der Waals surface area contributed by atoms with Crippen LogP contribution in [0.25, 0.3) is 11.2 Å². The van der Waals surface area contributed by atoms with Crippen LogP contribution in [0.1, 0.15) is 25.2 Å². The summed E-state index contributed by atoms with van der Waals surface area (Å²) in [5.74, 6) is 1.80. The lowest BCUT2D eigenvalue weighted by atomic mass is 10.1. The van der Waals surface area contributed by atoms with E-state index in [0.29, 0.717) is 12.3 Å². The largest absolute Gasteiger partial charge is 0.508 e. The van der Waals surface area contributed by atoms with Gasteiger partial charge in [0.25, 0.3) is 0 Å². The lowest BCUT2D eigenvalue weighted by Gasteiger charge is -2.11. The summed E-state index contributed by atoms with van der Waals surface area (Å²) in [4.78, 5) is 9.17. The van der Waals surface area contributed by atoms with Gasteiger partial charge in [0.15, 0.2) is 5.65 Å². The number of fused-ring (bicyclic) bond motifs is 1. The molecule has 2 heterocycles. The molecule has 0 unspecified atom stereocenters. The average molecular weight is 281 g/mol. The van der Waals surface area contributed by atoms with Crippen LogP contribution in [0.4, 0.5) is 0 Å². The lowest BCUT2D eigenvalue weighted by molar-refractivity contribution is 0.474. The predicted octanol–water partition coefficient (Wildman–Crippen LogP) is 3.38. The van der Waals surface area contributed by atoms with E-state index >= 15 is 0 Å². The molecule has 0 amide bonds. The minimum atomic E-state index is 0.289. The molecule has 0 saturated heterocycles. The molecular weight excluding hydrogens is 262 g/mol. The van der Waals surface area contributed by atoms with Crippen LogP contribution >= 0.6 is 0 Å². The second-order valence-corrected chi connectivity index (χ2v) is 5.73. The van der Waals surface area contributed by atoms with E-state index in [1.54, 1.807) is 18.3 Å². The summed E-state index contributed by atoms with van der Waals surface area (Å²) < 4.78 is 2.18. The monoisotopic (exact) mass is 281 g/mol. The topological polar surface area (TPSA) is 50.9 Å². The minimum Gasteiger partial charge on any atom is -0.508 e. The molecule has 108 valence electrons. The second kappa shape index (κ2) is 5.56. The standard InChI is InChI=1S/C17H19N3O/c1-12(2)11-20-16(10-13-5-3-6-14(21)9-13)19-15-7-4-8-18-17(15)20/h3-9,12,21H,10-11H2,1-2H3. The molecule has 0 aliphatic carbocycles. The summed E-state index contributed by atoms with van der Waals surface area (Å²) in [6.45, 7) is 5.27. The third-order valence-corrected chi connectivity index (χ3v) is 3.40. The van der Waals surface area contributed by atoms with Crippen LogP contribution in [0.15, 0.2) is 42.6 Å². The summed E-state index contributed by atoms with van der Waals surface area (Å²) in [5, 5.41) is 9.61. The van der Waals surface area contributed by atoms with E-state index in [-0.39, 0.29) is 5.75 Å². The van der Waals surface area contributed by atoms with Gasteiger partial charge < -0.3 is 9.67 Å². The smallest absolute Gasteiger partial charge is 0.160 e. The quantitative estimate of drug-likeness (QED) is 0.797. The lowest BCUT2D eigenvalue weighted by Crippen LogP contribution is -2.09. The zero-order chi connectivity index (χ0) is 14.8. The van der Waals surface area contributed by atoms with Gasteiger partial charge in [-0.1, -0.05) is 26.0 Å². The number of nitrogens with zero attached hydrogens (tertiary/aromatic N) is 3. The van der Waals surface area contributed by atoms with Crippen LogP contribution in [0.3, 0.4) is 0 Å². The fourth-order valence-corrected chi connectivity index (χ4v) is 2.55. The molecule has 4 heteroatoms. The Balaban J connectivity index is 2.04. The molecule has 3 rings (SSSR count).